The molecular formula is C29H24INO2. The number of halogens is 1. The molecule has 0 saturated heterocycles. The van der Waals surface area contributed by atoms with Gasteiger partial charge in [-0.25, -0.2) is 0 Å². The van der Waals surface area contributed by atoms with E-state index < -0.39 is 0 Å². The first-order valence-electron chi connectivity index (χ1n) is 10.8. The van der Waals surface area contributed by atoms with Crippen molar-refractivity contribution < 1.29 is 9.47 Å². The van der Waals surface area contributed by atoms with Gasteiger partial charge in [0, 0.05) is 0 Å². The molecule has 0 saturated carbocycles. The topological polar surface area (TPSA) is 42.2 Å². The molecule has 0 aliphatic heterocycles. The van der Waals surface area contributed by atoms with Crippen LogP contribution in [0.4, 0.5) is 0 Å². The molecule has 33 heavy (non-hydrogen) atoms. The van der Waals surface area contributed by atoms with Gasteiger partial charge in [-0.15, -0.1) is 0 Å². The molecule has 0 spiro atoms. The van der Waals surface area contributed by atoms with Crippen molar-refractivity contribution in [3.63, 3.8) is 0 Å². The number of fused-ring (bicyclic) bond motifs is 1. The highest BCUT2D eigenvalue weighted by atomic mass is 127. The Bertz CT molecular complexity index is 1350. The lowest BCUT2D eigenvalue weighted by Gasteiger charge is -2.15. The summed E-state index contributed by atoms with van der Waals surface area (Å²) in [6.07, 6.45) is 1.89. The van der Waals surface area contributed by atoms with E-state index in [2.05, 4.69) is 59.0 Å². The summed E-state index contributed by atoms with van der Waals surface area (Å²) in [6.45, 7) is 4.96. The molecule has 0 heterocycles. The van der Waals surface area contributed by atoms with Gasteiger partial charge in [-0.3, -0.25) is 0 Å². The van der Waals surface area contributed by atoms with Gasteiger partial charge in [0.15, 0.2) is 11.5 Å². The Morgan fingerprint density at radius 1 is 0.939 bits per heavy atom. The second-order valence-electron chi connectivity index (χ2n) is 7.77. The smallest absolute Gasteiger partial charge is 0.175 e. The van der Waals surface area contributed by atoms with Gasteiger partial charge >= 0.3 is 0 Å². The zero-order valence-electron chi connectivity index (χ0n) is 18.6. The van der Waals surface area contributed by atoms with Crippen molar-refractivity contribution in [1.29, 1.82) is 5.26 Å². The summed E-state index contributed by atoms with van der Waals surface area (Å²) in [4.78, 5) is 0. The number of benzene rings is 4. The Hall–Kier alpha value is -3.30. The lowest BCUT2D eigenvalue weighted by Crippen LogP contribution is -2.02. The van der Waals surface area contributed by atoms with Crippen molar-refractivity contribution in [3.05, 3.63) is 105 Å². The van der Waals surface area contributed by atoms with Crippen LogP contribution in [-0.2, 0) is 6.61 Å². The molecule has 0 N–H and O–H groups in total. The van der Waals surface area contributed by atoms with E-state index >= 15 is 0 Å². The quantitative estimate of drug-likeness (QED) is 0.135. The van der Waals surface area contributed by atoms with Crippen LogP contribution >= 0.6 is 22.6 Å². The van der Waals surface area contributed by atoms with Crippen LogP contribution in [0.25, 0.3) is 22.4 Å². The zero-order chi connectivity index (χ0) is 23.2. The zero-order valence-corrected chi connectivity index (χ0v) is 20.8. The molecule has 3 nitrogen and oxygen atoms in total. The molecule has 4 rings (SSSR count). The molecule has 0 aliphatic rings. The predicted molar refractivity (Wildman–Crippen MR) is 143 cm³/mol. The third kappa shape index (κ3) is 5.55. The third-order valence-electron chi connectivity index (χ3n) is 5.32. The summed E-state index contributed by atoms with van der Waals surface area (Å²) < 4.78 is 13.1. The summed E-state index contributed by atoms with van der Waals surface area (Å²) in [5.74, 6) is 1.40. The lowest BCUT2D eigenvalue weighted by molar-refractivity contribution is 0.267. The Morgan fingerprint density at radius 2 is 1.70 bits per heavy atom. The standard InChI is InChI=1S/C29H24INO2/c1-3-32-28-17-22(15-26(18-31)24-11-8-20(2)9-12-24)16-27(30)29(28)33-19-21-10-13-23-6-4-5-7-25(23)14-21/h4-17H,3,19H2,1-2H3/b26-15-. The number of hydrogen-bond donors (Lipinski definition) is 0. The molecule has 0 fully saturated rings. The highest BCUT2D eigenvalue weighted by Gasteiger charge is 2.13. The molecule has 0 amide bonds. The molecule has 4 aromatic carbocycles. The summed E-state index contributed by atoms with van der Waals surface area (Å²) in [7, 11) is 0. The average molecular weight is 545 g/mol. The van der Waals surface area contributed by atoms with Gasteiger partial charge < -0.3 is 9.47 Å². The van der Waals surface area contributed by atoms with Crippen LogP contribution in [0.5, 0.6) is 11.5 Å². The van der Waals surface area contributed by atoms with E-state index in [1.54, 1.807) is 0 Å². The van der Waals surface area contributed by atoms with Crippen LogP contribution in [-0.4, -0.2) is 6.61 Å². The average Bonchev–Trinajstić information content (AvgIpc) is 2.83. The maximum atomic E-state index is 9.72. The van der Waals surface area contributed by atoms with Gasteiger partial charge in [-0.2, -0.15) is 5.26 Å². The monoisotopic (exact) mass is 545 g/mol. The van der Waals surface area contributed by atoms with Crippen LogP contribution in [0.3, 0.4) is 0 Å². The van der Waals surface area contributed by atoms with Crippen molar-refractivity contribution in [3.8, 4) is 17.6 Å². The first kappa shape index (κ1) is 22.9. The Morgan fingerprint density at radius 3 is 2.42 bits per heavy atom. The van der Waals surface area contributed by atoms with Crippen LogP contribution in [0.1, 0.15) is 29.2 Å². The van der Waals surface area contributed by atoms with Crippen molar-refractivity contribution >= 4 is 45.0 Å². The number of ether oxygens (including phenoxy) is 2. The normalized spacial score (nSPS) is 11.3. The lowest BCUT2D eigenvalue weighted by atomic mass is 10.0. The van der Waals surface area contributed by atoms with Crippen molar-refractivity contribution in [2.75, 3.05) is 6.61 Å². The van der Waals surface area contributed by atoms with Gasteiger partial charge in [-0.05, 0) is 88.2 Å². The van der Waals surface area contributed by atoms with Crippen LogP contribution < -0.4 is 9.47 Å². The minimum atomic E-state index is 0.447. The minimum Gasteiger partial charge on any atom is -0.490 e. The maximum Gasteiger partial charge on any atom is 0.175 e. The highest BCUT2D eigenvalue weighted by Crippen LogP contribution is 2.36. The molecule has 0 unspecified atom stereocenters. The van der Waals surface area contributed by atoms with Crippen molar-refractivity contribution in [1.82, 2.24) is 0 Å². The maximum absolute atomic E-state index is 9.72. The number of allylic oxidation sites excluding steroid dienone is 1. The van der Waals surface area contributed by atoms with E-state index in [0.717, 1.165) is 31.6 Å². The van der Waals surface area contributed by atoms with E-state index in [0.29, 0.717) is 24.5 Å². The predicted octanol–water partition coefficient (Wildman–Crippen LogP) is 7.79. The minimum absolute atomic E-state index is 0.447. The number of rotatable bonds is 7. The van der Waals surface area contributed by atoms with Crippen molar-refractivity contribution in [2.24, 2.45) is 0 Å². The fourth-order valence-electron chi connectivity index (χ4n) is 3.64. The van der Waals surface area contributed by atoms with E-state index in [-0.39, 0.29) is 0 Å². The largest absolute Gasteiger partial charge is 0.490 e. The second kappa shape index (κ2) is 10.5. The van der Waals surface area contributed by atoms with Crippen LogP contribution in [0, 0.1) is 21.8 Å². The summed E-state index contributed by atoms with van der Waals surface area (Å²) in [6, 6.07) is 28.9. The number of aryl methyl sites for hydroxylation is 1. The number of nitriles is 1. The molecule has 4 heteroatoms. The molecule has 164 valence electrons. The molecule has 4 aromatic rings. The number of nitrogens with zero attached hydrogens (tertiary/aromatic N) is 1. The first-order chi connectivity index (χ1) is 16.1. The summed E-state index contributed by atoms with van der Waals surface area (Å²) in [5, 5.41) is 12.1. The van der Waals surface area contributed by atoms with Gasteiger partial charge in [-0.1, -0.05) is 66.2 Å². The molecule has 0 radical (unpaired) electrons. The number of hydrogen-bond acceptors (Lipinski definition) is 3. The fraction of sp³-hybridized carbons (Fsp3) is 0.138. The highest BCUT2D eigenvalue weighted by molar-refractivity contribution is 14.1. The Balaban J connectivity index is 1.62. The first-order valence-corrected chi connectivity index (χ1v) is 11.9. The van der Waals surface area contributed by atoms with E-state index in [1.807, 2.05) is 68.5 Å². The summed E-state index contributed by atoms with van der Waals surface area (Å²) >= 11 is 2.27. The van der Waals surface area contributed by atoms with Gasteiger partial charge in [0.1, 0.15) is 6.61 Å². The van der Waals surface area contributed by atoms with E-state index in [1.165, 1.54) is 10.8 Å². The SMILES string of the molecule is CCOc1cc(/C=C(/C#N)c2ccc(C)cc2)cc(I)c1OCc1ccc2ccccc2c1. The van der Waals surface area contributed by atoms with E-state index in [9.17, 15) is 5.26 Å². The molecule has 0 aromatic heterocycles. The second-order valence-corrected chi connectivity index (χ2v) is 8.93. The van der Waals surface area contributed by atoms with E-state index in [4.69, 9.17) is 9.47 Å². The van der Waals surface area contributed by atoms with Crippen molar-refractivity contribution in [2.45, 2.75) is 20.5 Å². The van der Waals surface area contributed by atoms with Gasteiger partial charge in [0.05, 0.1) is 21.8 Å². The van der Waals surface area contributed by atoms with Crippen LogP contribution in [0.2, 0.25) is 0 Å². The Labute approximate surface area is 208 Å². The van der Waals surface area contributed by atoms with Gasteiger partial charge in [0.2, 0.25) is 0 Å². The molecule has 0 aliphatic carbocycles. The Kier molecular flexibility index (Phi) is 7.31. The molecule has 0 bridgehead atoms. The third-order valence-corrected chi connectivity index (χ3v) is 6.12. The fourth-order valence-corrected chi connectivity index (χ4v) is 4.42. The summed E-state index contributed by atoms with van der Waals surface area (Å²) in [5.41, 5.74) is 4.67. The van der Waals surface area contributed by atoms with Crippen LogP contribution in [0.15, 0.2) is 78.9 Å². The van der Waals surface area contributed by atoms with Gasteiger partial charge in [0.25, 0.3) is 0 Å². The molecular weight excluding hydrogens is 521 g/mol. The molecule has 0 atom stereocenters.